The highest BCUT2D eigenvalue weighted by molar-refractivity contribution is 7.99. The smallest absolute Gasteiger partial charge is 0.0155 e. The molecule has 0 bridgehead atoms. The van der Waals surface area contributed by atoms with Gasteiger partial charge < -0.3 is 10.2 Å². The second kappa shape index (κ2) is 8.85. The first kappa shape index (κ1) is 13.3. The lowest BCUT2D eigenvalue weighted by molar-refractivity contribution is 0.437. The molecule has 1 atom stereocenters. The van der Waals surface area contributed by atoms with Crippen LogP contribution in [0.4, 0.5) is 0 Å². The number of nitrogens with zero attached hydrogens (tertiary/aromatic N) is 1. The maximum atomic E-state index is 3.49. The number of hydrogen-bond donors (Lipinski definition) is 1. The van der Waals surface area contributed by atoms with Gasteiger partial charge in [-0.1, -0.05) is 13.8 Å². The number of nitrogens with one attached hydrogen (secondary N) is 1. The van der Waals surface area contributed by atoms with Crippen molar-refractivity contribution in [2.45, 2.75) is 26.3 Å². The molecule has 0 rings (SSSR count). The van der Waals surface area contributed by atoms with Crippen molar-refractivity contribution in [1.82, 2.24) is 10.2 Å². The van der Waals surface area contributed by atoms with Gasteiger partial charge in [-0.3, -0.25) is 0 Å². The Morgan fingerprint density at radius 3 is 2.46 bits per heavy atom. The van der Waals surface area contributed by atoms with Crippen molar-refractivity contribution < 1.29 is 0 Å². The van der Waals surface area contributed by atoms with Gasteiger partial charge in [-0.25, -0.2) is 0 Å². The van der Waals surface area contributed by atoms with Crippen molar-refractivity contribution in [2.75, 3.05) is 38.7 Å². The molecule has 1 unspecified atom stereocenters. The first-order valence-corrected chi connectivity index (χ1v) is 6.32. The van der Waals surface area contributed by atoms with Gasteiger partial charge >= 0.3 is 0 Å². The summed E-state index contributed by atoms with van der Waals surface area (Å²) in [4.78, 5) is 2.24. The zero-order valence-electron chi connectivity index (χ0n) is 9.47. The Balaban J connectivity index is 3.27. The molecule has 13 heavy (non-hydrogen) atoms. The molecule has 0 aromatic heterocycles. The Morgan fingerprint density at radius 2 is 2.00 bits per heavy atom. The van der Waals surface area contributed by atoms with E-state index in [1.165, 1.54) is 24.5 Å². The van der Waals surface area contributed by atoms with E-state index in [0.29, 0.717) is 6.04 Å². The highest BCUT2D eigenvalue weighted by Gasteiger charge is 2.03. The molecule has 0 saturated heterocycles. The van der Waals surface area contributed by atoms with E-state index in [0.717, 1.165) is 6.54 Å². The van der Waals surface area contributed by atoms with E-state index >= 15 is 0 Å². The van der Waals surface area contributed by atoms with Crippen molar-refractivity contribution in [3.05, 3.63) is 0 Å². The minimum Gasteiger partial charge on any atom is -0.313 e. The lowest BCUT2D eigenvalue weighted by Crippen LogP contribution is -2.30. The Morgan fingerprint density at radius 1 is 1.31 bits per heavy atom. The van der Waals surface area contributed by atoms with E-state index in [1.54, 1.807) is 0 Å². The lowest BCUT2D eigenvalue weighted by atomic mass is 10.2. The topological polar surface area (TPSA) is 15.3 Å². The molecule has 0 fully saturated rings. The summed E-state index contributed by atoms with van der Waals surface area (Å²) in [5.41, 5.74) is 0. The van der Waals surface area contributed by atoms with Crippen LogP contribution >= 0.6 is 11.8 Å². The monoisotopic (exact) mass is 204 g/mol. The van der Waals surface area contributed by atoms with Gasteiger partial charge in [0.25, 0.3) is 0 Å². The van der Waals surface area contributed by atoms with Gasteiger partial charge in [0.05, 0.1) is 0 Å². The molecule has 0 spiro atoms. The van der Waals surface area contributed by atoms with Crippen molar-refractivity contribution in [2.24, 2.45) is 0 Å². The molecule has 0 aliphatic carbocycles. The van der Waals surface area contributed by atoms with Crippen LogP contribution in [0.25, 0.3) is 0 Å². The van der Waals surface area contributed by atoms with E-state index in [2.05, 4.69) is 49.9 Å². The molecule has 2 nitrogen and oxygen atoms in total. The third-order valence-corrected chi connectivity index (χ3v) is 3.10. The second-order valence-corrected chi connectivity index (χ2v) is 4.69. The Hall–Kier alpha value is 0.270. The third-order valence-electron chi connectivity index (χ3n) is 1.99. The van der Waals surface area contributed by atoms with Crippen LogP contribution in [0.1, 0.15) is 20.3 Å². The fourth-order valence-corrected chi connectivity index (χ4v) is 2.38. The summed E-state index contributed by atoms with van der Waals surface area (Å²) in [6.45, 7) is 6.70. The maximum Gasteiger partial charge on any atom is 0.0155 e. The largest absolute Gasteiger partial charge is 0.313 e. The molecule has 80 valence electrons. The average molecular weight is 204 g/mol. The molecule has 0 aromatic rings. The summed E-state index contributed by atoms with van der Waals surface area (Å²) < 4.78 is 0. The van der Waals surface area contributed by atoms with Crippen LogP contribution in [0.5, 0.6) is 0 Å². The minimum atomic E-state index is 0.706. The Labute approximate surface area is 87.5 Å². The fourth-order valence-electron chi connectivity index (χ4n) is 1.08. The summed E-state index contributed by atoms with van der Waals surface area (Å²) in [7, 11) is 4.25. The minimum absolute atomic E-state index is 0.706. The van der Waals surface area contributed by atoms with Gasteiger partial charge in [0, 0.05) is 24.1 Å². The first-order valence-electron chi connectivity index (χ1n) is 5.16. The highest BCUT2D eigenvalue weighted by atomic mass is 32.2. The van der Waals surface area contributed by atoms with Gasteiger partial charge in [0.15, 0.2) is 0 Å². The van der Waals surface area contributed by atoms with Crippen molar-refractivity contribution in [3.8, 4) is 0 Å². The van der Waals surface area contributed by atoms with Crippen molar-refractivity contribution >= 4 is 11.8 Å². The third kappa shape index (κ3) is 8.60. The van der Waals surface area contributed by atoms with Gasteiger partial charge in [-0.15, -0.1) is 0 Å². The molecule has 0 aliphatic rings. The van der Waals surface area contributed by atoms with E-state index in [1.807, 2.05) is 0 Å². The fraction of sp³-hybridized carbons (Fsp3) is 1.00. The van der Waals surface area contributed by atoms with E-state index < -0.39 is 0 Å². The summed E-state index contributed by atoms with van der Waals surface area (Å²) in [5.74, 6) is 2.49. The molecular formula is C10H24N2S. The molecule has 0 saturated carbocycles. The van der Waals surface area contributed by atoms with Gasteiger partial charge in [-0.2, -0.15) is 11.8 Å². The van der Waals surface area contributed by atoms with Crippen LogP contribution in [0.3, 0.4) is 0 Å². The second-order valence-electron chi connectivity index (χ2n) is 3.54. The van der Waals surface area contributed by atoms with Gasteiger partial charge in [0.1, 0.15) is 0 Å². The van der Waals surface area contributed by atoms with E-state index in [-0.39, 0.29) is 0 Å². The molecule has 0 aromatic carbocycles. The van der Waals surface area contributed by atoms with Crippen LogP contribution in [0.2, 0.25) is 0 Å². The Bertz CT molecular complexity index is 107. The Kier molecular flexibility index (Phi) is 9.03. The molecule has 3 heteroatoms. The van der Waals surface area contributed by atoms with Crippen molar-refractivity contribution in [1.29, 1.82) is 0 Å². The predicted octanol–water partition coefficient (Wildman–Crippen LogP) is 1.67. The molecule has 0 amide bonds. The molecule has 0 aliphatic heterocycles. The maximum absolute atomic E-state index is 3.49. The predicted molar refractivity (Wildman–Crippen MR) is 63.6 cm³/mol. The standard InChI is InChI=1S/C10H24N2S/c1-5-10(11-6-2)9-13-8-7-12(3)4/h10-11H,5-9H2,1-4H3. The van der Waals surface area contributed by atoms with Crippen LogP contribution in [0, 0.1) is 0 Å². The number of hydrogen-bond acceptors (Lipinski definition) is 3. The summed E-state index contributed by atoms with van der Waals surface area (Å²) in [6, 6.07) is 0.706. The van der Waals surface area contributed by atoms with Crippen LogP contribution in [0.15, 0.2) is 0 Å². The average Bonchev–Trinajstić information content (AvgIpc) is 2.10. The van der Waals surface area contributed by atoms with Crippen LogP contribution in [-0.4, -0.2) is 49.6 Å². The quantitative estimate of drug-likeness (QED) is 0.606. The van der Waals surface area contributed by atoms with E-state index in [9.17, 15) is 0 Å². The van der Waals surface area contributed by atoms with Gasteiger partial charge in [-0.05, 0) is 27.1 Å². The lowest BCUT2D eigenvalue weighted by Gasteiger charge is -2.16. The summed E-state index contributed by atoms with van der Waals surface area (Å²) in [5, 5.41) is 3.49. The summed E-state index contributed by atoms with van der Waals surface area (Å²) in [6.07, 6.45) is 1.24. The number of thioether (sulfide) groups is 1. The first-order chi connectivity index (χ1) is 6.20. The molecule has 1 N–H and O–H groups in total. The van der Waals surface area contributed by atoms with Crippen LogP contribution < -0.4 is 5.32 Å². The zero-order valence-corrected chi connectivity index (χ0v) is 10.3. The van der Waals surface area contributed by atoms with Crippen molar-refractivity contribution in [3.63, 3.8) is 0 Å². The number of rotatable bonds is 8. The van der Waals surface area contributed by atoms with E-state index in [4.69, 9.17) is 0 Å². The summed E-state index contributed by atoms with van der Waals surface area (Å²) >= 11 is 2.05. The molecular weight excluding hydrogens is 180 g/mol. The zero-order chi connectivity index (χ0) is 10.1. The normalized spacial score (nSPS) is 13.6. The highest BCUT2D eigenvalue weighted by Crippen LogP contribution is 2.05. The SMILES string of the molecule is CCNC(CC)CSCCN(C)C. The molecule has 0 radical (unpaired) electrons. The molecule has 0 heterocycles. The van der Waals surface area contributed by atoms with Crippen LogP contribution in [-0.2, 0) is 0 Å². The van der Waals surface area contributed by atoms with Gasteiger partial charge in [0.2, 0.25) is 0 Å².